The Hall–Kier alpha value is -2.78. The number of carbonyl (C=O) groups excluding carboxylic acids is 1. The molecular formula is C19H21N3O5S. The minimum atomic E-state index is -3.28. The van der Waals surface area contributed by atoms with Crippen LogP contribution in [-0.4, -0.2) is 35.9 Å². The van der Waals surface area contributed by atoms with Crippen molar-refractivity contribution in [3.63, 3.8) is 0 Å². The predicted molar refractivity (Wildman–Crippen MR) is 106 cm³/mol. The van der Waals surface area contributed by atoms with Crippen LogP contribution >= 0.6 is 0 Å². The molecule has 2 aromatic rings. The third-order valence-electron chi connectivity index (χ3n) is 4.87. The minimum absolute atomic E-state index is 0.0466. The molecule has 0 saturated carbocycles. The summed E-state index contributed by atoms with van der Waals surface area (Å²) in [6, 6.07) is 9.70. The van der Waals surface area contributed by atoms with Crippen molar-refractivity contribution in [3.05, 3.63) is 68.8 Å². The number of aryl methyl sites for hydroxylation is 1. The molecule has 28 heavy (non-hydrogen) atoms. The van der Waals surface area contributed by atoms with Gasteiger partial charge >= 0.3 is 0 Å². The Labute approximate surface area is 163 Å². The van der Waals surface area contributed by atoms with Crippen molar-refractivity contribution in [2.24, 2.45) is 0 Å². The zero-order valence-electron chi connectivity index (χ0n) is 15.6. The van der Waals surface area contributed by atoms with Crippen molar-refractivity contribution < 1.29 is 18.1 Å². The predicted octanol–water partition coefficient (Wildman–Crippen LogP) is 2.86. The molecule has 1 heterocycles. The van der Waals surface area contributed by atoms with Gasteiger partial charge in [-0.1, -0.05) is 12.1 Å². The SMILES string of the molecule is CCS(=O)(=O)N1CCc2ccc(NC(=O)c3ccc(C)c([N+](=O)[O-])c3)cc2C1. The van der Waals surface area contributed by atoms with Crippen LogP contribution in [0.3, 0.4) is 0 Å². The zero-order chi connectivity index (χ0) is 20.5. The van der Waals surface area contributed by atoms with Gasteiger partial charge in [-0.2, -0.15) is 4.31 Å². The van der Waals surface area contributed by atoms with E-state index in [1.54, 1.807) is 26.0 Å². The lowest BCUT2D eigenvalue weighted by molar-refractivity contribution is -0.385. The smallest absolute Gasteiger partial charge is 0.273 e. The summed E-state index contributed by atoms with van der Waals surface area (Å²) in [6.07, 6.45) is 0.618. The normalized spacial score (nSPS) is 14.4. The zero-order valence-corrected chi connectivity index (χ0v) is 16.5. The number of hydrogen-bond donors (Lipinski definition) is 1. The van der Waals surface area contributed by atoms with Gasteiger partial charge in [0.05, 0.1) is 10.7 Å². The standard InChI is InChI=1S/C19H21N3O5S/c1-3-28(26,27)21-9-8-14-6-7-17(10-16(14)12-21)20-19(23)15-5-4-13(2)18(11-15)22(24)25/h4-7,10-11H,3,8-9,12H2,1-2H3,(H,20,23). The van der Waals surface area contributed by atoms with Crippen LogP contribution in [0.1, 0.15) is 34.0 Å². The van der Waals surface area contributed by atoms with Crippen LogP contribution < -0.4 is 5.32 Å². The van der Waals surface area contributed by atoms with Crippen LogP contribution in [0.2, 0.25) is 0 Å². The quantitative estimate of drug-likeness (QED) is 0.610. The van der Waals surface area contributed by atoms with Crippen LogP contribution in [0.25, 0.3) is 0 Å². The van der Waals surface area contributed by atoms with E-state index < -0.39 is 20.9 Å². The molecule has 0 fully saturated rings. The number of nitrogens with one attached hydrogen (secondary N) is 1. The Morgan fingerprint density at radius 1 is 1.21 bits per heavy atom. The van der Waals surface area contributed by atoms with Gasteiger partial charge in [-0.15, -0.1) is 0 Å². The minimum Gasteiger partial charge on any atom is -0.322 e. The molecule has 0 atom stereocenters. The molecule has 148 valence electrons. The van der Waals surface area contributed by atoms with Crippen molar-refractivity contribution in [1.82, 2.24) is 4.31 Å². The summed E-state index contributed by atoms with van der Waals surface area (Å²) < 4.78 is 25.7. The largest absolute Gasteiger partial charge is 0.322 e. The molecule has 0 saturated heterocycles. The molecule has 0 unspecified atom stereocenters. The molecular weight excluding hydrogens is 382 g/mol. The van der Waals surface area contributed by atoms with Gasteiger partial charge in [-0.05, 0) is 49.6 Å². The van der Waals surface area contributed by atoms with Crippen LogP contribution in [-0.2, 0) is 23.0 Å². The number of anilines is 1. The fourth-order valence-electron chi connectivity index (χ4n) is 3.18. The number of carbonyl (C=O) groups is 1. The first-order valence-electron chi connectivity index (χ1n) is 8.87. The molecule has 9 heteroatoms. The molecule has 0 spiro atoms. The molecule has 1 aliphatic heterocycles. The molecule has 0 bridgehead atoms. The third kappa shape index (κ3) is 4.05. The van der Waals surface area contributed by atoms with E-state index in [1.807, 2.05) is 6.07 Å². The topological polar surface area (TPSA) is 110 Å². The third-order valence-corrected chi connectivity index (χ3v) is 6.70. The van der Waals surface area contributed by atoms with Crippen molar-refractivity contribution in [1.29, 1.82) is 0 Å². The first kappa shape index (κ1) is 20.0. The summed E-state index contributed by atoms with van der Waals surface area (Å²) in [4.78, 5) is 23.1. The van der Waals surface area contributed by atoms with Crippen LogP contribution in [0.15, 0.2) is 36.4 Å². The summed E-state index contributed by atoms with van der Waals surface area (Å²) in [5.74, 6) is -0.415. The van der Waals surface area contributed by atoms with E-state index in [0.29, 0.717) is 24.2 Å². The Balaban J connectivity index is 1.81. The molecule has 1 amide bonds. The van der Waals surface area contributed by atoms with Gasteiger partial charge in [0.15, 0.2) is 0 Å². The number of sulfonamides is 1. The highest BCUT2D eigenvalue weighted by Crippen LogP contribution is 2.25. The second-order valence-corrected chi connectivity index (χ2v) is 8.94. The van der Waals surface area contributed by atoms with Crippen LogP contribution in [0.5, 0.6) is 0 Å². The summed E-state index contributed by atoms with van der Waals surface area (Å²) >= 11 is 0. The Morgan fingerprint density at radius 3 is 2.64 bits per heavy atom. The molecule has 0 radical (unpaired) electrons. The molecule has 0 aromatic heterocycles. The maximum atomic E-state index is 12.5. The van der Waals surface area contributed by atoms with Gasteiger partial charge < -0.3 is 5.32 Å². The van der Waals surface area contributed by atoms with E-state index in [2.05, 4.69) is 5.32 Å². The lowest BCUT2D eigenvalue weighted by atomic mass is 10.0. The number of benzene rings is 2. The van der Waals surface area contributed by atoms with E-state index in [0.717, 1.165) is 11.1 Å². The van der Waals surface area contributed by atoms with Gasteiger partial charge in [0.25, 0.3) is 11.6 Å². The van der Waals surface area contributed by atoms with Crippen LogP contribution in [0.4, 0.5) is 11.4 Å². The molecule has 3 rings (SSSR count). The second-order valence-electron chi connectivity index (χ2n) is 6.68. The van der Waals surface area contributed by atoms with Gasteiger partial charge in [0, 0.05) is 36.0 Å². The number of hydrogen-bond acceptors (Lipinski definition) is 5. The first-order valence-corrected chi connectivity index (χ1v) is 10.5. The van der Waals surface area contributed by atoms with E-state index in [4.69, 9.17) is 0 Å². The molecule has 8 nitrogen and oxygen atoms in total. The monoisotopic (exact) mass is 403 g/mol. The van der Waals surface area contributed by atoms with E-state index >= 15 is 0 Å². The average Bonchev–Trinajstić information content (AvgIpc) is 2.67. The summed E-state index contributed by atoms with van der Waals surface area (Å²) in [5.41, 5.74) is 2.96. The highest BCUT2D eigenvalue weighted by Gasteiger charge is 2.25. The molecule has 0 aliphatic carbocycles. The maximum Gasteiger partial charge on any atom is 0.273 e. The highest BCUT2D eigenvalue weighted by molar-refractivity contribution is 7.89. The van der Waals surface area contributed by atoms with Gasteiger partial charge in [-0.25, -0.2) is 8.42 Å². The Morgan fingerprint density at radius 2 is 1.96 bits per heavy atom. The molecule has 1 N–H and O–H groups in total. The molecule has 1 aliphatic rings. The van der Waals surface area contributed by atoms with Gasteiger partial charge in [-0.3, -0.25) is 14.9 Å². The number of nitrogens with zero attached hydrogens (tertiary/aromatic N) is 2. The lowest BCUT2D eigenvalue weighted by Crippen LogP contribution is -2.36. The summed E-state index contributed by atoms with van der Waals surface area (Å²) in [7, 11) is -3.28. The van der Waals surface area contributed by atoms with Gasteiger partial charge in [0.1, 0.15) is 0 Å². The lowest BCUT2D eigenvalue weighted by Gasteiger charge is -2.28. The fraction of sp³-hybridized carbons (Fsp3) is 0.316. The van der Waals surface area contributed by atoms with Gasteiger partial charge in [0.2, 0.25) is 10.0 Å². The second kappa shape index (κ2) is 7.69. The number of fused-ring (bicyclic) bond motifs is 1. The maximum absolute atomic E-state index is 12.5. The number of nitro benzene ring substituents is 1. The molecule has 2 aromatic carbocycles. The van der Waals surface area contributed by atoms with Crippen molar-refractivity contribution in [2.45, 2.75) is 26.8 Å². The Kier molecular flexibility index (Phi) is 5.48. The van der Waals surface area contributed by atoms with Crippen molar-refractivity contribution >= 4 is 27.3 Å². The van der Waals surface area contributed by atoms with E-state index in [9.17, 15) is 23.3 Å². The number of nitro groups is 1. The van der Waals surface area contributed by atoms with Crippen molar-refractivity contribution in [2.75, 3.05) is 17.6 Å². The number of amides is 1. The average molecular weight is 403 g/mol. The van der Waals surface area contributed by atoms with Crippen LogP contribution in [0, 0.1) is 17.0 Å². The summed E-state index contributed by atoms with van der Waals surface area (Å²) in [6.45, 7) is 3.94. The first-order chi connectivity index (χ1) is 13.2. The van der Waals surface area contributed by atoms with E-state index in [1.165, 1.54) is 22.5 Å². The fourth-order valence-corrected chi connectivity index (χ4v) is 4.25. The highest BCUT2D eigenvalue weighted by atomic mass is 32.2. The summed E-state index contributed by atoms with van der Waals surface area (Å²) in [5, 5.41) is 13.8. The van der Waals surface area contributed by atoms with Crippen molar-refractivity contribution in [3.8, 4) is 0 Å². The number of rotatable bonds is 5. The Bertz CT molecular complexity index is 1050. The van der Waals surface area contributed by atoms with E-state index in [-0.39, 0.29) is 23.5 Å².